The Bertz CT molecular complexity index is 556. The van der Waals surface area contributed by atoms with Gasteiger partial charge in [-0.15, -0.1) is 0 Å². The first-order valence-electron chi connectivity index (χ1n) is 4.51. The van der Waals surface area contributed by atoms with Gasteiger partial charge in [-0.25, -0.2) is 9.97 Å². The monoisotopic (exact) mass is 336 g/mol. The molecule has 0 aliphatic heterocycles. The lowest BCUT2D eigenvalue weighted by Gasteiger charge is -1.94. The van der Waals surface area contributed by atoms with Crippen molar-refractivity contribution >= 4 is 31.9 Å². The molecule has 0 N–H and O–H groups in total. The minimum Gasteiger partial charge on any atom is -0.242 e. The molecule has 1 heterocycles. The van der Waals surface area contributed by atoms with Crippen LogP contribution in [0.4, 0.5) is 0 Å². The van der Waals surface area contributed by atoms with E-state index in [4.69, 9.17) is 0 Å². The highest BCUT2D eigenvalue weighted by Gasteiger charge is 1.99. The molecule has 0 bridgehead atoms. The quantitative estimate of drug-likeness (QED) is 0.688. The van der Waals surface area contributed by atoms with Crippen molar-refractivity contribution in [3.8, 4) is 11.8 Å². The van der Waals surface area contributed by atoms with E-state index < -0.39 is 0 Å². The van der Waals surface area contributed by atoms with Gasteiger partial charge in [0, 0.05) is 5.56 Å². The molecule has 4 heteroatoms. The molecule has 78 valence electrons. The van der Waals surface area contributed by atoms with Crippen molar-refractivity contribution in [2.24, 2.45) is 0 Å². The molecule has 1 aromatic carbocycles. The molecular formula is C12H6Br2N2. The van der Waals surface area contributed by atoms with Crippen molar-refractivity contribution in [1.29, 1.82) is 0 Å². The average molecular weight is 338 g/mol. The molecule has 0 fully saturated rings. The van der Waals surface area contributed by atoms with E-state index in [9.17, 15) is 0 Å². The number of hydrogen-bond donors (Lipinski definition) is 0. The molecule has 0 spiro atoms. The predicted octanol–water partition coefficient (Wildman–Crippen LogP) is 3.40. The van der Waals surface area contributed by atoms with Gasteiger partial charge in [0.05, 0.1) is 6.20 Å². The summed E-state index contributed by atoms with van der Waals surface area (Å²) in [6.45, 7) is 0. The summed E-state index contributed by atoms with van der Waals surface area (Å²) in [6.07, 6.45) is 1.62. The summed E-state index contributed by atoms with van der Waals surface area (Å²) in [5.74, 6) is 5.99. The van der Waals surface area contributed by atoms with Gasteiger partial charge in [-0.1, -0.05) is 24.1 Å². The van der Waals surface area contributed by atoms with Gasteiger partial charge in [0.1, 0.15) is 14.9 Å². The van der Waals surface area contributed by atoms with Crippen LogP contribution >= 0.6 is 31.9 Å². The molecule has 0 aliphatic carbocycles. The van der Waals surface area contributed by atoms with E-state index in [-0.39, 0.29) is 0 Å². The summed E-state index contributed by atoms with van der Waals surface area (Å²) in [7, 11) is 0. The van der Waals surface area contributed by atoms with Gasteiger partial charge in [0.15, 0.2) is 0 Å². The third-order valence-electron chi connectivity index (χ3n) is 1.80. The van der Waals surface area contributed by atoms with Crippen LogP contribution in [0.3, 0.4) is 0 Å². The Morgan fingerprint density at radius 2 is 1.75 bits per heavy atom. The first kappa shape index (κ1) is 11.3. The Labute approximate surface area is 110 Å². The summed E-state index contributed by atoms with van der Waals surface area (Å²) < 4.78 is 1.33. The number of rotatable bonds is 0. The fourth-order valence-corrected chi connectivity index (χ4v) is 1.99. The first-order valence-corrected chi connectivity index (χ1v) is 6.09. The molecule has 0 saturated heterocycles. The van der Waals surface area contributed by atoms with E-state index in [0.29, 0.717) is 14.9 Å². The van der Waals surface area contributed by atoms with E-state index in [2.05, 4.69) is 53.7 Å². The van der Waals surface area contributed by atoms with E-state index in [0.717, 1.165) is 5.56 Å². The summed E-state index contributed by atoms with van der Waals surface area (Å²) >= 11 is 6.56. The van der Waals surface area contributed by atoms with Crippen LogP contribution in [0.2, 0.25) is 0 Å². The van der Waals surface area contributed by atoms with Crippen molar-refractivity contribution < 1.29 is 0 Å². The Kier molecular flexibility index (Phi) is 3.70. The molecule has 2 nitrogen and oxygen atoms in total. The van der Waals surface area contributed by atoms with Crippen LogP contribution < -0.4 is 0 Å². The maximum atomic E-state index is 4.16. The zero-order chi connectivity index (χ0) is 11.4. The number of benzene rings is 1. The van der Waals surface area contributed by atoms with Crippen molar-refractivity contribution in [3.05, 3.63) is 57.0 Å². The molecule has 0 aliphatic rings. The summed E-state index contributed by atoms with van der Waals surface area (Å²) in [5, 5.41) is 0. The van der Waals surface area contributed by atoms with E-state index in [1.165, 1.54) is 0 Å². The Balaban J connectivity index is 2.31. The highest BCUT2D eigenvalue weighted by molar-refractivity contribution is 9.11. The van der Waals surface area contributed by atoms with Crippen molar-refractivity contribution in [1.82, 2.24) is 9.97 Å². The zero-order valence-corrected chi connectivity index (χ0v) is 11.3. The second-order valence-corrected chi connectivity index (χ2v) is 4.51. The third kappa shape index (κ3) is 2.91. The number of nitrogens with zero attached hydrogens (tertiary/aromatic N) is 2. The topological polar surface area (TPSA) is 25.8 Å². The Hall–Kier alpha value is -1.18. The standard InChI is InChI=1S/C12H6Br2N2/c13-11-8-15-10(12(14)16-11)7-6-9-4-2-1-3-5-9/h1-5,8H. The highest BCUT2D eigenvalue weighted by atomic mass is 79.9. The van der Waals surface area contributed by atoms with Crippen LogP contribution in [0.5, 0.6) is 0 Å². The molecule has 0 unspecified atom stereocenters. The van der Waals surface area contributed by atoms with Crippen LogP contribution in [0.25, 0.3) is 0 Å². The minimum atomic E-state index is 0.632. The molecule has 0 saturated carbocycles. The van der Waals surface area contributed by atoms with Gasteiger partial charge in [0.25, 0.3) is 0 Å². The van der Waals surface area contributed by atoms with Gasteiger partial charge in [-0.05, 0) is 49.9 Å². The second kappa shape index (κ2) is 5.24. The van der Waals surface area contributed by atoms with Gasteiger partial charge in [-0.2, -0.15) is 0 Å². The summed E-state index contributed by atoms with van der Waals surface area (Å²) in [6, 6.07) is 9.76. The summed E-state index contributed by atoms with van der Waals surface area (Å²) in [4.78, 5) is 8.32. The maximum absolute atomic E-state index is 4.16. The first-order chi connectivity index (χ1) is 7.75. The van der Waals surface area contributed by atoms with Gasteiger partial charge >= 0.3 is 0 Å². The van der Waals surface area contributed by atoms with Crippen LogP contribution in [0.1, 0.15) is 11.3 Å². The molecule has 16 heavy (non-hydrogen) atoms. The fraction of sp³-hybridized carbons (Fsp3) is 0. The molecule has 0 atom stereocenters. The van der Waals surface area contributed by atoms with E-state index >= 15 is 0 Å². The van der Waals surface area contributed by atoms with Gasteiger partial charge < -0.3 is 0 Å². The molecule has 2 rings (SSSR count). The Morgan fingerprint density at radius 3 is 2.44 bits per heavy atom. The lowest BCUT2D eigenvalue weighted by molar-refractivity contribution is 1.11. The van der Waals surface area contributed by atoms with Crippen molar-refractivity contribution in [2.45, 2.75) is 0 Å². The van der Waals surface area contributed by atoms with E-state index in [1.807, 2.05) is 30.3 Å². The van der Waals surface area contributed by atoms with Crippen LogP contribution in [0, 0.1) is 11.8 Å². The van der Waals surface area contributed by atoms with Gasteiger partial charge in [-0.3, -0.25) is 0 Å². The van der Waals surface area contributed by atoms with Crippen LogP contribution in [-0.4, -0.2) is 9.97 Å². The largest absolute Gasteiger partial charge is 0.242 e. The van der Waals surface area contributed by atoms with Crippen LogP contribution in [-0.2, 0) is 0 Å². The van der Waals surface area contributed by atoms with Crippen molar-refractivity contribution in [3.63, 3.8) is 0 Å². The van der Waals surface area contributed by atoms with E-state index in [1.54, 1.807) is 6.20 Å². The third-order valence-corrected chi connectivity index (χ3v) is 2.73. The Morgan fingerprint density at radius 1 is 1.00 bits per heavy atom. The lowest BCUT2D eigenvalue weighted by Crippen LogP contribution is -1.88. The molecule has 0 radical (unpaired) electrons. The number of halogens is 2. The molecule has 0 amide bonds. The van der Waals surface area contributed by atoms with Crippen molar-refractivity contribution in [2.75, 3.05) is 0 Å². The summed E-state index contributed by atoms with van der Waals surface area (Å²) in [5.41, 5.74) is 1.59. The van der Waals surface area contributed by atoms with Crippen LogP contribution in [0.15, 0.2) is 45.7 Å². The molecule has 2 aromatic rings. The average Bonchev–Trinajstić information content (AvgIpc) is 2.29. The number of aromatic nitrogens is 2. The molecule has 1 aromatic heterocycles. The fourth-order valence-electron chi connectivity index (χ4n) is 1.08. The lowest BCUT2D eigenvalue weighted by atomic mass is 10.2. The minimum absolute atomic E-state index is 0.632. The predicted molar refractivity (Wildman–Crippen MR) is 69.9 cm³/mol. The van der Waals surface area contributed by atoms with Gasteiger partial charge in [0.2, 0.25) is 0 Å². The maximum Gasteiger partial charge on any atom is 0.146 e. The zero-order valence-electron chi connectivity index (χ0n) is 8.11. The SMILES string of the molecule is Brc1cnc(C#Cc2ccccc2)c(Br)n1. The smallest absolute Gasteiger partial charge is 0.146 e. The second-order valence-electron chi connectivity index (χ2n) is 2.95. The number of hydrogen-bond acceptors (Lipinski definition) is 2. The molecular weight excluding hydrogens is 332 g/mol. The highest BCUT2D eigenvalue weighted by Crippen LogP contribution is 2.13. The normalized spacial score (nSPS) is 9.38.